The lowest BCUT2D eigenvalue weighted by Gasteiger charge is -2.39. The predicted molar refractivity (Wildman–Crippen MR) is 118 cm³/mol. The second-order valence-electron chi connectivity index (χ2n) is 10.7. The van der Waals surface area contributed by atoms with Gasteiger partial charge in [0.15, 0.2) is 5.69 Å². The Balaban J connectivity index is 1.20. The molecule has 3 saturated heterocycles. The Morgan fingerprint density at radius 2 is 2.09 bits per heavy atom. The number of ether oxygens (including phenoxy) is 2. The van der Waals surface area contributed by atoms with Crippen molar-refractivity contribution in [2.24, 2.45) is 17.3 Å². The highest BCUT2D eigenvalue weighted by atomic mass is 19.4. The third kappa shape index (κ3) is 4.39. The number of carbonyl (C=O) groups excluding carboxylic acids is 1. The topological polar surface area (TPSA) is 67.8 Å². The van der Waals surface area contributed by atoms with E-state index in [0.29, 0.717) is 31.5 Å². The molecule has 6 atom stereocenters. The van der Waals surface area contributed by atoms with Crippen LogP contribution in [0.15, 0.2) is 12.4 Å². The van der Waals surface area contributed by atoms with Crippen molar-refractivity contribution in [1.29, 1.82) is 0 Å². The number of methoxy groups -OCH3 is 1. The first kappa shape index (κ1) is 23.8. The molecular weight excluding hydrogens is 449 g/mol. The molecule has 34 heavy (non-hydrogen) atoms. The summed E-state index contributed by atoms with van der Waals surface area (Å²) in [7, 11) is 1.74. The van der Waals surface area contributed by atoms with E-state index in [2.05, 4.69) is 16.9 Å². The van der Waals surface area contributed by atoms with Crippen molar-refractivity contribution < 1.29 is 27.4 Å². The molecule has 4 fully saturated rings. The summed E-state index contributed by atoms with van der Waals surface area (Å²) < 4.78 is 50.4. The highest BCUT2D eigenvalue weighted by molar-refractivity contribution is 5.84. The molecule has 0 spiro atoms. The van der Waals surface area contributed by atoms with Gasteiger partial charge in [-0.25, -0.2) is 4.98 Å². The molecule has 1 saturated carbocycles. The highest BCUT2D eigenvalue weighted by Crippen LogP contribution is 2.48. The summed E-state index contributed by atoms with van der Waals surface area (Å²) in [5.41, 5.74) is -1.35. The van der Waals surface area contributed by atoms with Crippen LogP contribution in [-0.4, -0.2) is 72.4 Å². The van der Waals surface area contributed by atoms with Gasteiger partial charge in [0.05, 0.1) is 37.2 Å². The molecule has 0 radical (unpaired) electrons. The summed E-state index contributed by atoms with van der Waals surface area (Å²) in [6.45, 7) is 4.55. The molecule has 188 valence electrons. The number of aromatic nitrogens is 2. The van der Waals surface area contributed by atoms with Crippen LogP contribution in [0, 0.1) is 17.3 Å². The average molecular weight is 483 g/mol. The molecule has 2 bridgehead atoms. The SMILES string of the molecule is CO[C@@H]1COCC[C@@H]1C[C@@H]1CC[C@](C)(C(=O)N2C[C@@H]3C[C@H]2CN3c2cncc(C(F)(F)F)n2)C1. The van der Waals surface area contributed by atoms with Crippen molar-refractivity contribution in [3.63, 3.8) is 0 Å². The van der Waals surface area contributed by atoms with Crippen LogP contribution in [0.3, 0.4) is 0 Å². The lowest BCUT2D eigenvalue weighted by molar-refractivity contribution is -0.142. The minimum Gasteiger partial charge on any atom is -0.379 e. The van der Waals surface area contributed by atoms with Gasteiger partial charge in [0.1, 0.15) is 5.82 Å². The third-order valence-electron chi connectivity index (χ3n) is 8.45. The molecule has 4 aliphatic rings. The highest BCUT2D eigenvalue weighted by Gasteiger charge is 2.52. The summed E-state index contributed by atoms with van der Waals surface area (Å²) in [5.74, 6) is 1.43. The molecule has 7 nitrogen and oxygen atoms in total. The van der Waals surface area contributed by atoms with Crippen LogP contribution in [0.4, 0.5) is 19.0 Å². The van der Waals surface area contributed by atoms with Gasteiger partial charge in [-0.3, -0.25) is 9.78 Å². The number of amides is 1. The molecule has 1 aromatic rings. The first-order valence-corrected chi connectivity index (χ1v) is 12.3. The van der Waals surface area contributed by atoms with Gasteiger partial charge in [-0.05, 0) is 50.4 Å². The molecule has 1 aromatic heterocycles. The van der Waals surface area contributed by atoms with Gasteiger partial charge < -0.3 is 19.3 Å². The van der Waals surface area contributed by atoms with Crippen molar-refractivity contribution in [3.05, 3.63) is 18.1 Å². The Morgan fingerprint density at radius 1 is 1.26 bits per heavy atom. The number of hydrogen-bond donors (Lipinski definition) is 0. The molecule has 0 aromatic carbocycles. The van der Waals surface area contributed by atoms with Crippen molar-refractivity contribution in [2.75, 3.05) is 38.3 Å². The number of rotatable bonds is 5. The molecule has 3 aliphatic heterocycles. The van der Waals surface area contributed by atoms with Gasteiger partial charge in [-0.15, -0.1) is 0 Å². The van der Waals surface area contributed by atoms with E-state index in [1.807, 2.05) is 9.80 Å². The number of nitrogens with zero attached hydrogens (tertiary/aromatic N) is 4. The number of hydrogen-bond acceptors (Lipinski definition) is 6. The van der Waals surface area contributed by atoms with Crippen LogP contribution < -0.4 is 4.90 Å². The Hall–Kier alpha value is -1.94. The number of piperazine rings is 1. The Morgan fingerprint density at radius 3 is 2.79 bits per heavy atom. The number of anilines is 1. The number of alkyl halides is 3. The van der Waals surface area contributed by atoms with E-state index < -0.39 is 11.9 Å². The summed E-state index contributed by atoms with van der Waals surface area (Å²) in [6, 6.07) is -0.00434. The Labute approximate surface area is 198 Å². The largest absolute Gasteiger partial charge is 0.434 e. The zero-order valence-electron chi connectivity index (χ0n) is 19.8. The zero-order valence-corrected chi connectivity index (χ0v) is 19.8. The summed E-state index contributed by atoms with van der Waals surface area (Å²) >= 11 is 0. The van der Waals surface area contributed by atoms with Gasteiger partial charge in [-0.2, -0.15) is 13.2 Å². The van der Waals surface area contributed by atoms with E-state index in [1.54, 1.807) is 7.11 Å². The summed E-state index contributed by atoms with van der Waals surface area (Å²) in [5, 5.41) is 0. The van der Waals surface area contributed by atoms with Gasteiger partial charge in [0.2, 0.25) is 5.91 Å². The number of halogens is 3. The molecule has 1 amide bonds. The van der Waals surface area contributed by atoms with E-state index in [1.165, 1.54) is 6.20 Å². The summed E-state index contributed by atoms with van der Waals surface area (Å²) in [4.78, 5) is 25.1. The van der Waals surface area contributed by atoms with Gasteiger partial charge in [0.25, 0.3) is 0 Å². The lowest BCUT2D eigenvalue weighted by atomic mass is 9.82. The molecule has 0 unspecified atom stereocenters. The second-order valence-corrected chi connectivity index (χ2v) is 10.7. The van der Waals surface area contributed by atoms with Crippen molar-refractivity contribution in [3.8, 4) is 0 Å². The Kier molecular flexibility index (Phi) is 6.25. The first-order chi connectivity index (χ1) is 16.2. The van der Waals surface area contributed by atoms with Gasteiger partial charge in [0, 0.05) is 32.2 Å². The van der Waals surface area contributed by atoms with Crippen LogP contribution in [-0.2, 0) is 20.4 Å². The van der Waals surface area contributed by atoms with Crippen LogP contribution in [0.25, 0.3) is 0 Å². The summed E-state index contributed by atoms with van der Waals surface area (Å²) in [6.07, 6.45) is 3.40. The van der Waals surface area contributed by atoms with Crippen LogP contribution >= 0.6 is 0 Å². The molecule has 4 heterocycles. The van der Waals surface area contributed by atoms with Gasteiger partial charge in [-0.1, -0.05) is 6.92 Å². The van der Waals surface area contributed by atoms with Crippen LogP contribution in [0.2, 0.25) is 0 Å². The maximum Gasteiger partial charge on any atom is 0.434 e. The average Bonchev–Trinajstić information content (AvgIpc) is 3.53. The van der Waals surface area contributed by atoms with E-state index in [0.717, 1.165) is 51.3 Å². The van der Waals surface area contributed by atoms with Crippen molar-refractivity contribution in [2.45, 2.75) is 69.8 Å². The smallest absolute Gasteiger partial charge is 0.379 e. The van der Waals surface area contributed by atoms with Gasteiger partial charge >= 0.3 is 6.18 Å². The zero-order chi connectivity index (χ0) is 24.1. The number of fused-ring (bicyclic) bond motifs is 2. The molecular formula is C24H33F3N4O3. The minimum absolute atomic E-state index is 0.0121. The predicted octanol–water partition coefficient (Wildman–Crippen LogP) is 3.53. The molecule has 0 N–H and O–H groups in total. The molecule has 1 aliphatic carbocycles. The normalized spacial score (nSPS) is 35.9. The van der Waals surface area contributed by atoms with Crippen molar-refractivity contribution in [1.82, 2.24) is 14.9 Å². The fourth-order valence-corrected chi connectivity index (χ4v) is 6.65. The quantitative estimate of drug-likeness (QED) is 0.640. The molecule has 10 heteroatoms. The third-order valence-corrected chi connectivity index (χ3v) is 8.45. The van der Waals surface area contributed by atoms with E-state index in [9.17, 15) is 18.0 Å². The standard InChI is InChI=1S/C24H33F3N4O3/c1-23(5-3-15(9-23)7-16-4-6-34-14-19(16)33-2)22(32)31-13-17-8-18(31)12-30(17)21-11-28-10-20(29-21)24(25,26)27/h10-11,15-19H,3-9,12-14H2,1-2H3/t15-,16+,17-,18-,19+,23-/m0/s1. The maximum absolute atomic E-state index is 13.6. The van der Waals surface area contributed by atoms with Crippen LogP contribution in [0.1, 0.15) is 51.1 Å². The molecule has 5 rings (SSSR count). The maximum atomic E-state index is 13.6. The van der Waals surface area contributed by atoms with E-state index >= 15 is 0 Å². The minimum atomic E-state index is -4.52. The fraction of sp³-hybridized carbons (Fsp3) is 0.792. The number of likely N-dealkylation sites (tertiary alicyclic amines) is 1. The van der Waals surface area contributed by atoms with E-state index in [4.69, 9.17) is 9.47 Å². The van der Waals surface area contributed by atoms with Crippen LogP contribution in [0.5, 0.6) is 0 Å². The van der Waals surface area contributed by atoms with Crippen molar-refractivity contribution >= 4 is 11.7 Å². The first-order valence-electron chi connectivity index (χ1n) is 12.3. The Bertz CT molecular complexity index is 916. The monoisotopic (exact) mass is 482 g/mol. The van der Waals surface area contributed by atoms with E-state index in [-0.39, 0.29) is 35.3 Å². The fourth-order valence-electron chi connectivity index (χ4n) is 6.65. The number of carbonyl (C=O) groups is 1. The lowest BCUT2D eigenvalue weighted by Crippen LogP contribution is -2.52. The second kappa shape index (κ2) is 8.93.